The molecule has 1 N–H and O–H groups in total. The van der Waals surface area contributed by atoms with Crippen molar-refractivity contribution in [2.45, 2.75) is 13.3 Å². The molecule has 1 rings (SSSR count). The van der Waals surface area contributed by atoms with E-state index in [9.17, 15) is 18.4 Å². The summed E-state index contributed by atoms with van der Waals surface area (Å²) in [5.41, 5.74) is -1.49. The molecule has 1 heterocycles. The predicted molar refractivity (Wildman–Crippen MR) is 48.1 cm³/mol. The zero-order chi connectivity index (χ0) is 11.6. The van der Waals surface area contributed by atoms with Gasteiger partial charge in [-0.2, -0.15) is 0 Å². The summed E-state index contributed by atoms with van der Waals surface area (Å²) in [5, 5.41) is 0. The van der Waals surface area contributed by atoms with Gasteiger partial charge in [0.25, 0.3) is 6.43 Å². The molecule has 0 radical (unpaired) electrons. The van der Waals surface area contributed by atoms with E-state index in [1.54, 1.807) is 0 Å². The molecule has 1 aromatic heterocycles. The number of esters is 1. The number of halogens is 2. The quantitative estimate of drug-likeness (QED) is 0.762. The third-order valence-electron chi connectivity index (χ3n) is 1.88. The van der Waals surface area contributed by atoms with Gasteiger partial charge in [-0.15, -0.1) is 0 Å². The van der Waals surface area contributed by atoms with E-state index in [4.69, 9.17) is 0 Å². The molecule has 6 heteroatoms. The highest BCUT2D eigenvalue weighted by molar-refractivity contribution is 5.92. The van der Waals surface area contributed by atoms with Crippen LogP contribution < -0.4 is 5.56 Å². The highest BCUT2D eigenvalue weighted by Gasteiger charge is 2.22. The highest BCUT2D eigenvalue weighted by Crippen LogP contribution is 2.22. The summed E-state index contributed by atoms with van der Waals surface area (Å²) in [6.45, 7) is 1.40. The summed E-state index contributed by atoms with van der Waals surface area (Å²) in [5.74, 6) is -0.890. The number of nitrogens with one attached hydrogen (secondary N) is 1. The lowest BCUT2D eigenvalue weighted by Gasteiger charge is -2.08. The number of aryl methyl sites for hydroxylation is 1. The number of aromatic amines is 1. The molecule has 4 nitrogen and oxygen atoms in total. The molecule has 0 aliphatic rings. The van der Waals surface area contributed by atoms with Gasteiger partial charge in [-0.05, 0) is 12.5 Å². The molecule has 0 saturated carbocycles. The number of aromatic nitrogens is 1. The van der Waals surface area contributed by atoms with Crippen LogP contribution in [0.15, 0.2) is 10.9 Å². The minimum Gasteiger partial charge on any atom is -0.465 e. The van der Waals surface area contributed by atoms with E-state index in [0.29, 0.717) is 0 Å². The molecular weight excluding hydrogens is 208 g/mol. The number of carbonyl (C=O) groups excluding carboxylic acids is 1. The van der Waals surface area contributed by atoms with Crippen molar-refractivity contribution in [1.82, 2.24) is 4.98 Å². The second-order valence-electron chi connectivity index (χ2n) is 2.90. The Kier molecular flexibility index (Phi) is 3.18. The standard InChI is InChI=1S/C9H9F2NO3/c1-4-3-5(13)12-7(8(10)11)6(4)9(14)15-2/h3,8H,1-2H3,(H,12,13). The van der Waals surface area contributed by atoms with Crippen molar-refractivity contribution >= 4 is 5.97 Å². The Labute approximate surface area is 83.9 Å². The summed E-state index contributed by atoms with van der Waals surface area (Å²) in [6.07, 6.45) is -2.92. The molecule has 0 amide bonds. The molecule has 0 fully saturated rings. The number of methoxy groups -OCH3 is 1. The molecule has 0 bridgehead atoms. The zero-order valence-corrected chi connectivity index (χ0v) is 8.14. The van der Waals surface area contributed by atoms with Gasteiger partial charge in [-0.25, -0.2) is 13.6 Å². The second kappa shape index (κ2) is 4.20. The second-order valence-corrected chi connectivity index (χ2v) is 2.90. The van der Waals surface area contributed by atoms with Crippen molar-refractivity contribution < 1.29 is 18.3 Å². The van der Waals surface area contributed by atoms with Gasteiger partial charge in [0, 0.05) is 6.07 Å². The lowest BCUT2D eigenvalue weighted by Crippen LogP contribution is -2.17. The zero-order valence-electron chi connectivity index (χ0n) is 8.14. The predicted octanol–water partition coefficient (Wildman–Crippen LogP) is 1.41. The molecule has 0 aliphatic carbocycles. The van der Waals surface area contributed by atoms with Crippen molar-refractivity contribution in [2.24, 2.45) is 0 Å². The molecule has 0 aromatic carbocycles. The number of carbonyl (C=O) groups is 1. The maximum Gasteiger partial charge on any atom is 0.340 e. The topological polar surface area (TPSA) is 59.2 Å². The number of alkyl halides is 2. The summed E-state index contributed by atoms with van der Waals surface area (Å²) < 4.78 is 29.4. The number of ether oxygens (including phenoxy) is 1. The van der Waals surface area contributed by atoms with Gasteiger partial charge >= 0.3 is 5.97 Å². The van der Waals surface area contributed by atoms with Crippen LogP contribution in [0.3, 0.4) is 0 Å². The molecule has 82 valence electrons. The first-order chi connectivity index (χ1) is 6.97. The first-order valence-electron chi connectivity index (χ1n) is 4.07. The van der Waals surface area contributed by atoms with Gasteiger partial charge < -0.3 is 9.72 Å². The van der Waals surface area contributed by atoms with Crippen LogP contribution in [0.5, 0.6) is 0 Å². The third-order valence-corrected chi connectivity index (χ3v) is 1.88. The lowest BCUT2D eigenvalue weighted by atomic mass is 10.1. The maximum atomic E-state index is 12.5. The fourth-order valence-corrected chi connectivity index (χ4v) is 1.25. The van der Waals surface area contributed by atoms with Gasteiger partial charge in [0.1, 0.15) is 0 Å². The first-order valence-corrected chi connectivity index (χ1v) is 4.07. The van der Waals surface area contributed by atoms with Crippen molar-refractivity contribution in [1.29, 1.82) is 0 Å². The van der Waals surface area contributed by atoms with Gasteiger partial charge in [0.15, 0.2) is 0 Å². The average molecular weight is 217 g/mol. The van der Waals surface area contributed by atoms with Gasteiger partial charge in [0.2, 0.25) is 5.56 Å². The SMILES string of the molecule is COC(=O)c1c(C)cc(=O)[nH]c1C(F)F. The van der Waals surface area contributed by atoms with Crippen LogP contribution >= 0.6 is 0 Å². The van der Waals surface area contributed by atoms with E-state index in [2.05, 4.69) is 4.74 Å². The fraction of sp³-hybridized carbons (Fsp3) is 0.333. The van der Waals surface area contributed by atoms with Gasteiger partial charge in [-0.1, -0.05) is 0 Å². The Morgan fingerprint density at radius 2 is 2.13 bits per heavy atom. The number of hydrogen-bond donors (Lipinski definition) is 1. The first kappa shape index (κ1) is 11.4. The van der Waals surface area contributed by atoms with E-state index in [-0.39, 0.29) is 11.1 Å². The molecular formula is C9H9F2NO3. The minimum absolute atomic E-state index is 0.168. The van der Waals surface area contributed by atoms with E-state index in [1.807, 2.05) is 4.98 Å². The minimum atomic E-state index is -2.92. The van der Waals surface area contributed by atoms with Crippen LogP contribution in [0.2, 0.25) is 0 Å². The molecule has 15 heavy (non-hydrogen) atoms. The summed E-state index contributed by atoms with van der Waals surface area (Å²) in [7, 11) is 1.09. The molecule has 0 atom stereocenters. The van der Waals surface area contributed by atoms with Crippen LogP contribution in [-0.4, -0.2) is 18.1 Å². The molecule has 0 saturated heterocycles. The molecule has 0 spiro atoms. The van der Waals surface area contributed by atoms with Gasteiger partial charge in [0.05, 0.1) is 18.4 Å². The monoisotopic (exact) mass is 217 g/mol. The van der Waals surface area contributed by atoms with Crippen LogP contribution in [0.1, 0.15) is 28.0 Å². The van der Waals surface area contributed by atoms with Crippen molar-refractivity contribution in [3.63, 3.8) is 0 Å². The lowest BCUT2D eigenvalue weighted by molar-refractivity contribution is 0.0586. The van der Waals surface area contributed by atoms with E-state index in [0.717, 1.165) is 13.2 Å². The summed E-state index contributed by atoms with van der Waals surface area (Å²) in [4.78, 5) is 24.1. The molecule has 0 unspecified atom stereocenters. The summed E-state index contributed by atoms with van der Waals surface area (Å²) in [6, 6.07) is 1.07. The van der Waals surface area contributed by atoms with Crippen LogP contribution in [0.25, 0.3) is 0 Å². The highest BCUT2D eigenvalue weighted by atomic mass is 19.3. The molecule has 0 aliphatic heterocycles. The van der Waals surface area contributed by atoms with E-state index >= 15 is 0 Å². The number of hydrogen-bond acceptors (Lipinski definition) is 3. The Balaban J connectivity index is 3.47. The van der Waals surface area contributed by atoms with Crippen molar-refractivity contribution in [2.75, 3.05) is 7.11 Å². The van der Waals surface area contributed by atoms with Crippen LogP contribution in [0.4, 0.5) is 8.78 Å². The fourth-order valence-electron chi connectivity index (χ4n) is 1.25. The van der Waals surface area contributed by atoms with E-state index < -0.39 is 23.6 Å². The smallest absolute Gasteiger partial charge is 0.340 e. The average Bonchev–Trinajstić information content (AvgIpc) is 2.15. The Hall–Kier alpha value is -1.72. The molecule has 1 aromatic rings. The Morgan fingerprint density at radius 3 is 2.60 bits per heavy atom. The number of H-pyrrole nitrogens is 1. The Morgan fingerprint density at radius 1 is 1.53 bits per heavy atom. The largest absolute Gasteiger partial charge is 0.465 e. The number of pyridine rings is 1. The van der Waals surface area contributed by atoms with E-state index in [1.165, 1.54) is 6.92 Å². The summed E-state index contributed by atoms with van der Waals surface area (Å²) >= 11 is 0. The number of rotatable bonds is 2. The van der Waals surface area contributed by atoms with Crippen LogP contribution in [0, 0.1) is 6.92 Å². The van der Waals surface area contributed by atoms with Gasteiger partial charge in [-0.3, -0.25) is 4.79 Å². The third kappa shape index (κ3) is 2.20. The Bertz CT molecular complexity index is 439. The van der Waals surface area contributed by atoms with Crippen molar-refractivity contribution in [3.05, 3.63) is 33.2 Å². The maximum absolute atomic E-state index is 12.5. The van der Waals surface area contributed by atoms with Crippen LogP contribution in [-0.2, 0) is 4.74 Å². The normalized spacial score (nSPS) is 10.5. The van der Waals surface area contributed by atoms with Crippen molar-refractivity contribution in [3.8, 4) is 0 Å².